The Bertz CT molecular complexity index is 1190. The van der Waals surface area contributed by atoms with Gasteiger partial charge in [0.1, 0.15) is 10.2 Å². The van der Waals surface area contributed by atoms with E-state index in [0.29, 0.717) is 33.9 Å². The highest BCUT2D eigenvalue weighted by Gasteiger charge is 2.28. The number of thiophene rings is 1. The Hall–Kier alpha value is -2.38. The zero-order valence-electron chi connectivity index (χ0n) is 17.5. The number of anilines is 1. The highest BCUT2D eigenvalue weighted by molar-refractivity contribution is 7.19. The van der Waals surface area contributed by atoms with Crippen LogP contribution < -0.4 is 10.5 Å². The summed E-state index contributed by atoms with van der Waals surface area (Å²) in [6.07, 6.45) is 6.02. The molecule has 3 heterocycles. The molecule has 5 rings (SSSR count). The van der Waals surface area contributed by atoms with Crippen LogP contribution in [-0.2, 0) is 0 Å². The van der Waals surface area contributed by atoms with Gasteiger partial charge >= 0.3 is 0 Å². The average molecular weight is 457 g/mol. The molecule has 0 unspecified atom stereocenters. The van der Waals surface area contributed by atoms with Crippen molar-refractivity contribution >= 4 is 44.7 Å². The van der Waals surface area contributed by atoms with E-state index >= 15 is 0 Å². The topological polar surface area (TPSA) is 58.4 Å². The first kappa shape index (κ1) is 20.5. The van der Waals surface area contributed by atoms with Crippen molar-refractivity contribution in [2.75, 3.05) is 31.1 Å². The van der Waals surface area contributed by atoms with Crippen molar-refractivity contribution in [1.29, 1.82) is 0 Å². The number of aryl methyl sites for hydroxylation is 1. The molecule has 0 spiro atoms. The SMILES string of the molecule is Cc1sc2c(=O)n(C3CCCC3)cnc2c1C(=O)N1CCN(c2cccc(Cl)c2)CC1. The van der Waals surface area contributed by atoms with E-state index in [1.54, 1.807) is 10.9 Å². The van der Waals surface area contributed by atoms with E-state index in [2.05, 4.69) is 9.88 Å². The van der Waals surface area contributed by atoms with Crippen LogP contribution in [-0.4, -0.2) is 46.5 Å². The van der Waals surface area contributed by atoms with Crippen molar-refractivity contribution in [3.8, 4) is 0 Å². The van der Waals surface area contributed by atoms with Gasteiger partial charge in [0.05, 0.1) is 11.9 Å². The normalized spacial score (nSPS) is 17.6. The number of amides is 1. The van der Waals surface area contributed by atoms with Crippen LogP contribution in [0.25, 0.3) is 10.2 Å². The molecule has 1 aliphatic heterocycles. The number of carbonyl (C=O) groups is 1. The van der Waals surface area contributed by atoms with Crippen LogP contribution in [0.15, 0.2) is 35.4 Å². The number of fused-ring (bicyclic) bond motifs is 1. The third-order valence-corrected chi connectivity index (χ3v) is 7.79. The lowest BCUT2D eigenvalue weighted by atomic mass is 10.1. The van der Waals surface area contributed by atoms with Crippen LogP contribution in [0.3, 0.4) is 0 Å². The predicted octanol–water partition coefficient (Wildman–Crippen LogP) is 4.50. The summed E-state index contributed by atoms with van der Waals surface area (Å²) in [5, 5.41) is 0.714. The minimum Gasteiger partial charge on any atom is -0.368 e. The monoisotopic (exact) mass is 456 g/mol. The maximum absolute atomic E-state index is 13.4. The molecule has 0 radical (unpaired) electrons. The summed E-state index contributed by atoms with van der Waals surface area (Å²) in [5.41, 5.74) is 2.22. The first-order valence-electron chi connectivity index (χ1n) is 10.8. The van der Waals surface area contributed by atoms with Crippen molar-refractivity contribution in [3.63, 3.8) is 0 Å². The van der Waals surface area contributed by atoms with Crippen LogP contribution in [0.1, 0.15) is 47.0 Å². The zero-order valence-corrected chi connectivity index (χ0v) is 19.1. The van der Waals surface area contributed by atoms with Crippen LogP contribution in [0.5, 0.6) is 0 Å². The summed E-state index contributed by atoms with van der Waals surface area (Å²) in [5.74, 6) is -0.0278. The lowest BCUT2D eigenvalue weighted by Crippen LogP contribution is -2.48. The van der Waals surface area contributed by atoms with Crippen LogP contribution >= 0.6 is 22.9 Å². The molecule has 8 heteroatoms. The van der Waals surface area contributed by atoms with Crippen molar-refractivity contribution < 1.29 is 4.79 Å². The number of carbonyl (C=O) groups excluding carboxylic acids is 1. The first-order chi connectivity index (χ1) is 15.0. The molecule has 2 fully saturated rings. The number of hydrogen-bond acceptors (Lipinski definition) is 5. The third kappa shape index (κ3) is 3.74. The smallest absolute Gasteiger partial charge is 0.271 e. The van der Waals surface area contributed by atoms with Crippen molar-refractivity contribution in [1.82, 2.24) is 14.5 Å². The van der Waals surface area contributed by atoms with Gasteiger partial charge in [-0.1, -0.05) is 30.5 Å². The van der Waals surface area contributed by atoms with Crippen LogP contribution in [0, 0.1) is 6.92 Å². The van der Waals surface area contributed by atoms with E-state index in [4.69, 9.17) is 11.6 Å². The summed E-state index contributed by atoms with van der Waals surface area (Å²) in [7, 11) is 0. The van der Waals surface area contributed by atoms with Gasteiger partial charge in [-0.15, -0.1) is 11.3 Å². The Morgan fingerprint density at radius 3 is 2.61 bits per heavy atom. The van der Waals surface area contributed by atoms with Gasteiger partial charge in [0, 0.05) is 47.8 Å². The Kier molecular flexibility index (Phi) is 5.48. The molecule has 1 aromatic carbocycles. The fourth-order valence-electron chi connectivity index (χ4n) is 4.78. The number of aromatic nitrogens is 2. The maximum Gasteiger partial charge on any atom is 0.271 e. The number of hydrogen-bond donors (Lipinski definition) is 0. The van der Waals surface area contributed by atoms with E-state index in [1.165, 1.54) is 11.3 Å². The Morgan fingerprint density at radius 1 is 1.16 bits per heavy atom. The minimum atomic E-state index is -0.0278. The molecular formula is C23H25ClN4O2S. The molecule has 2 aromatic heterocycles. The van der Waals surface area contributed by atoms with E-state index < -0.39 is 0 Å². The Morgan fingerprint density at radius 2 is 1.90 bits per heavy atom. The Labute approximate surface area is 190 Å². The second-order valence-electron chi connectivity index (χ2n) is 8.37. The lowest BCUT2D eigenvalue weighted by molar-refractivity contribution is 0.0748. The molecule has 0 bridgehead atoms. The molecule has 2 aliphatic rings. The molecule has 3 aromatic rings. The summed E-state index contributed by atoms with van der Waals surface area (Å²) in [6, 6.07) is 8.04. The molecule has 1 saturated carbocycles. The number of benzene rings is 1. The largest absolute Gasteiger partial charge is 0.368 e. The van der Waals surface area contributed by atoms with Gasteiger partial charge in [-0.25, -0.2) is 4.98 Å². The molecule has 31 heavy (non-hydrogen) atoms. The van der Waals surface area contributed by atoms with E-state index in [1.807, 2.05) is 36.1 Å². The number of piperazine rings is 1. The van der Waals surface area contributed by atoms with Gasteiger partial charge in [0.2, 0.25) is 0 Å². The van der Waals surface area contributed by atoms with Gasteiger partial charge in [-0.3, -0.25) is 14.2 Å². The third-order valence-electron chi connectivity index (χ3n) is 6.47. The maximum atomic E-state index is 13.4. The highest BCUT2D eigenvalue weighted by Crippen LogP contribution is 2.32. The molecular weight excluding hydrogens is 432 g/mol. The van der Waals surface area contributed by atoms with E-state index in [-0.39, 0.29) is 17.5 Å². The highest BCUT2D eigenvalue weighted by atomic mass is 35.5. The summed E-state index contributed by atoms with van der Waals surface area (Å²) in [4.78, 5) is 36.1. The summed E-state index contributed by atoms with van der Waals surface area (Å²) < 4.78 is 2.39. The molecule has 6 nitrogen and oxygen atoms in total. The van der Waals surface area contributed by atoms with E-state index in [0.717, 1.165) is 49.3 Å². The second kappa shape index (κ2) is 8.28. The molecule has 0 atom stereocenters. The van der Waals surface area contributed by atoms with Crippen LogP contribution in [0.4, 0.5) is 5.69 Å². The Balaban J connectivity index is 1.38. The van der Waals surface area contributed by atoms with Gasteiger partial charge in [-0.2, -0.15) is 0 Å². The fourth-order valence-corrected chi connectivity index (χ4v) is 6.00. The fraction of sp³-hybridized carbons (Fsp3) is 0.435. The quantitative estimate of drug-likeness (QED) is 0.582. The van der Waals surface area contributed by atoms with Gasteiger partial charge in [0.15, 0.2) is 0 Å². The first-order valence-corrected chi connectivity index (χ1v) is 12.0. The van der Waals surface area contributed by atoms with Crippen molar-refractivity contribution in [2.24, 2.45) is 0 Å². The van der Waals surface area contributed by atoms with E-state index in [9.17, 15) is 9.59 Å². The van der Waals surface area contributed by atoms with Gasteiger partial charge in [0.25, 0.3) is 11.5 Å². The predicted molar refractivity (Wildman–Crippen MR) is 126 cm³/mol. The lowest BCUT2D eigenvalue weighted by Gasteiger charge is -2.36. The second-order valence-corrected chi connectivity index (χ2v) is 10.0. The molecule has 162 valence electrons. The molecule has 1 amide bonds. The van der Waals surface area contributed by atoms with Crippen molar-refractivity contribution in [3.05, 3.63) is 56.4 Å². The zero-order chi connectivity index (χ0) is 21.5. The molecule has 0 N–H and O–H groups in total. The number of halogens is 1. The number of nitrogens with zero attached hydrogens (tertiary/aromatic N) is 4. The van der Waals surface area contributed by atoms with Crippen LogP contribution in [0.2, 0.25) is 5.02 Å². The number of rotatable bonds is 3. The average Bonchev–Trinajstić information content (AvgIpc) is 3.42. The molecule has 1 saturated heterocycles. The minimum absolute atomic E-state index is 0.00479. The van der Waals surface area contributed by atoms with Gasteiger partial charge in [-0.05, 0) is 38.0 Å². The molecule has 1 aliphatic carbocycles. The van der Waals surface area contributed by atoms with Gasteiger partial charge < -0.3 is 9.80 Å². The van der Waals surface area contributed by atoms with Crippen molar-refractivity contribution in [2.45, 2.75) is 38.6 Å². The summed E-state index contributed by atoms with van der Waals surface area (Å²) in [6.45, 7) is 4.66. The summed E-state index contributed by atoms with van der Waals surface area (Å²) >= 11 is 7.53. The standard InChI is InChI=1S/C23H25ClN4O2S/c1-15-19(20-21(31-15)23(30)28(14-25-20)17-6-2-3-7-17)22(29)27-11-9-26(10-12-27)18-8-4-5-16(24)13-18/h4-5,8,13-14,17H,2-3,6-7,9-12H2,1H3.